The molecule has 1 aromatic carbocycles. The molecule has 1 aliphatic rings. The molecule has 1 N–H and O–H groups in total. The normalized spacial score (nSPS) is 16.1. The SMILES string of the molecule is CCOC(=O)c1ccc2c(c1)nc(SC(C)C(=O)NC1CCCCC1)n2CC. The number of hydrogen-bond donors (Lipinski definition) is 1. The average molecular weight is 404 g/mol. The number of nitrogens with one attached hydrogen (secondary N) is 1. The van der Waals surface area contributed by atoms with Gasteiger partial charge in [0, 0.05) is 12.6 Å². The van der Waals surface area contributed by atoms with E-state index in [4.69, 9.17) is 9.72 Å². The third kappa shape index (κ3) is 4.69. The van der Waals surface area contributed by atoms with Crippen LogP contribution in [0.5, 0.6) is 0 Å². The molecule has 2 aromatic rings. The van der Waals surface area contributed by atoms with Gasteiger partial charge in [-0.15, -0.1) is 0 Å². The fourth-order valence-electron chi connectivity index (χ4n) is 3.62. The highest BCUT2D eigenvalue weighted by Crippen LogP contribution is 2.28. The molecule has 0 bridgehead atoms. The van der Waals surface area contributed by atoms with E-state index in [1.54, 1.807) is 19.1 Å². The molecule has 1 aromatic heterocycles. The molecule has 1 unspecified atom stereocenters. The van der Waals surface area contributed by atoms with Crippen LogP contribution in [0.3, 0.4) is 0 Å². The second-order valence-corrected chi connectivity index (χ2v) is 8.47. The molecule has 1 heterocycles. The fourth-order valence-corrected chi connectivity index (χ4v) is 4.62. The van der Waals surface area contributed by atoms with Crippen LogP contribution >= 0.6 is 11.8 Å². The maximum atomic E-state index is 12.6. The Labute approximate surface area is 170 Å². The number of benzene rings is 1. The first-order valence-corrected chi connectivity index (χ1v) is 11.1. The maximum absolute atomic E-state index is 12.6. The Kier molecular flexibility index (Phi) is 6.99. The van der Waals surface area contributed by atoms with Crippen LogP contribution in [-0.4, -0.2) is 39.3 Å². The van der Waals surface area contributed by atoms with Crippen LogP contribution in [-0.2, 0) is 16.1 Å². The van der Waals surface area contributed by atoms with Crippen molar-refractivity contribution in [2.75, 3.05) is 6.61 Å². The van der Waals surface area contributed by atoms with Gasteiger partial charge in [0.1, 0.15) is 0 Å². The molecule has 1 fully saturated rings. The average Bonchev–Trinajstić information content (AvgIpc) is 3.04. The van der Waals surface area contributed by atoms with Crippen LogP contribution in [0.2, 0.25) is 0 Å². The third-order valence-corrected chi connectivity index (χ3v) is 6.23. The third-order valence-electron chi connectivity index (χ3n) is 5.14. The summed E-state index contributed by atoms with van der Waals surface area (Å²) < 4.78 is 7.16. The zero-order chi connectivity index (χ0) is 20.1. The number of fused-ring (bicyclic) bond motifs is 1. The lowest BCUT2D eigenvalue weighted by Crippen LogP contribution is -2.40. The van der Waals surface area contributed by atoms with E-state index in [0.717, 1.165) is 35.6 Å². The number of aromatic nitrogens is 2. The fraction of sp³-hybridized carbons (Fsp3) is 0.571. The van der Waals surface area contributed by atoms with E-state index >= 15 is 0 Å². The largest absolute Gasteiger partial charge is 0.462 e. The van der Waals surface area contributed by atoms with E-state index in [1.807, 2.05) is 13.0 Å². The second-order valence-electron chi connectivity index (χ2n) is 7.17. The van der Waals surface area contributed by atoms with Crippen molar-refractivity contribution in [1.82, 2.24) is 14.9 Å². The molecule has 1 aliphatic carbocycles. The minimum atomic E-state index is -0.343. The summed E-state index contributed by atoms with van der Waals surface area (Å²) in [4.78, 5) is 29.3. The minimum Gasteiger partial charge on any atom is -0.462 e. The highest BCUT2D eigenvalue weighted by molar-refractivity contribution is 8.00. The quantitative estimate of drug-likeness (QED) is 0.555. The second kappa shape index (κ2) is 9.45. The van der Waals surface area contributed by atoms with Crippen molar-refractivity contribution in [3.8, 4) is 0 Å². The van der Waals surface area contributed by atoms with Gasteiger partial charge in [0.15, 0.2) is 5.16 Å². The summed E-state index contributed by atoms with van der Waals surface area (Å²) in [6, 6.07) is 5.73. The van der Waals surface area contributed by atoms with Crippen molar-refractivity contribution in [2.24, 2.45) is 0 Å². The van der Waals surface area contributed by atoms with E-state index in [-0.39, 0.29) is 17.1 Å². The van der Waals surface area contributed by atoms with Gasteiger partial charge in [0.25, 0.3) is 0 Å². The molecule has 0 saturated heterocycles. The van der Waals surface area contributed by atoms with Crippen LogP contribution in [0.1, 0.15) is 63.2 Å². The first-order chi connectivity index (χ1) is 13.5. The van der Waals surface area contributed by atoms with Crippen molar-refractivity contribution in [3.63, 3.8) is 0 Å². The molecule has 1 saturated carbocycles. The number of aryl methyl sites for hydroxylation is 1. The van der Waals surface area contributed by atoms with Gasteiger partial charge >= 0.3 is 5.97 Å². The highest BCUT2D eigenvalue weighted by Gasteiger charge is 2.23. The first kappa shape index (κ1) is 20.7. The summed E-state index contributed by atoms with van der Waals surface area (Å²) in [5.74, 6) is -0.274. The van der Waals surface area contributed by atoms with E-state index < -0.39 is 0 Å². The molecule has 7 heteroatoms. The number of hydrogen-bond acceptors (Lipinski definition) is 5. The molecule has 1 amide bonds. The van der Waals surface area contributed by atoms with Crippen molar-refractivity contribution < 1.29 is 14.3 Å². The number of carbonyl (C=O) groups excluding carboxylic acids is 2. The lowest BCUT2D eigenvalue weighted by Gasteiger charge is -2.24. The van der Waals surface area contributed by atoms with E-state index in [0.29, 0.717) is 18.2 Å². The number of carbonyl (C=O) groups is 2. The van der Waals surface area contributed by atoms with Gasteiger partial charge in [0.05, 0.1) is 28.5 Å². The zero-order valence-corrected chi connectivity index (χ0v) is 17.7. The summed E-state index contributed by atoms with van der Waals surface area (Å²) >= 11 is 1.47. The number of nitrogens with zero attached hydrogens (tertiary/aromatic N) is 2. The Bertz CT molecular complexity index is 843. The van der Waals surface area contributed by atoms with Crippen molar-refractivity contribution in [1.29, 1.82) is 0 Å². The topological polar surface area (TPSA) is 73.2 Å². The van der Waals surface area contributed by atoms with Gasteiger partial charge in [-0.2, -0.15) is 0 Å². The van der Waals surface area contributed by atoms with Crippen LogP contribution in [0.4, 0.5) is 0 Å². The number of amides is 1. The minimum absolute atomic E-state index is 0.0684. The van der Waals surface area contributed by atoms with Crippen LogP contribution in [0.25, 0.3) is 11.0 Å². The Morgan fingerprint density at radius 2 is 2.04 bits per heavy atom. The molecular weight excluding hydrogens is 374 g/mol. The number of thioether (sulfide) groups is 1. The van der Waals surface area contributed by atoms with Crippen LogP contribution in [0, 0.1) is 0 Å². The molecule has 6 nitrogen and oxygen atoms in total. The summed E-state index contributed by atoms with van der Waals surface area (Å²) in [5, 5.41) is 3.76. The highest BCUT2D eigenvalue weighted by atomic mass is 32.2. The first-order valence-electron chi connectivity index (χ1n) is 10.2. The van der Waals surface area contributed by atoms with E-state index in [9.17, 15) is 9.59 Å². The standard InChI is InChI=1S/C21H29N3O3S/c1-4-24-18-12-11-15(20(26)27-5-2)13-17(18)23-21(24)28-14(3)19(25)22-16-9-7-6-8-10-16/h11-14,16H,4-10H2,1-3H3,(H,22,25). The van der Waals surface area contributed by atoms with Gasteiger partial charge < -0.3 is 14.6 Å². The molecular formula is C21H29N3O3S. The Morgan fingerprint density at radius 3 is 2.71 bits per heavy atom. The monoisotopic (exact) mass is 403 g/mol. The van der Waals surface area contributed by atoms with Crippen molar-refractivity contribution >= 4 is 34.7 Å². The molecule has 3 rings (SSSR count). The number of esters is 1. The van der Waals surface area contributed by atoms with Crippen LogP contribution in [0.15, 0.2) is 23.4 Å². The van der Waals surface area contributed by atoms with Gasteiger partial charge in [0.2, 0.25) is 5.91 Å². The van der Waals surface area contributed by atoms with Gasteiger partial charge in [-0.05, 0) is 51.8 Å². The van der Waals surface area contributed by atoms with E-state index in [2.05, 4.69) is 16.8 Å². The summed E-state index contributed by atoms with van der Waals surface area (Å²) in [6.07, 6.45) is 5.81. The molecule has 0 aliphatic heterocycles. The Morgan fingerprint density at radius 1 is 1.29 bits per heavy atom. The molecule has 28 heavy (non-hydrogen) atoms. The number of ether oxygens (including phenoxy) is 1. The zero-order valence-electron chi connectivity index (χ0n) is 16.9. The summed E-state index contributed by atoms with van der Waals surface area (Å²) in [7, 11) is 0. The molecule has 0 radical (unpaired) electrons. The lowest BCUT2D eigenvalue weighted by molar-refractivity contribution is -0.121. The molecule has 0 spiro atoms. The predicted octanol–water partition coefficient (Wildman–Crippen LogP) is 4.16. The summed E-state index contributed by atoms with van der Waals surface area (Å²) in [6.45, 7) is 6.85. The lowest BCUT2D eigenvalue weighted by atomic mass is 9.95. The smallest absolute Gasteiger partial charge is 0.338 e. The van der Waals surface area contributed by atoms with Crippen molar-refractivity contribution in [2.45, 2.75) is 75.9 Å². The van der Waals surface area contributed by atoms with Gasteiger partial charge in [-0.1, -0.05) is 31.0 Å². The summed E-state index contributed by atoms with van der Waals surface area (Å²) in [5.41, 5.74) is 2.20. The Hall–Kier alpha value is -2.02. The number of imidazole rings is 1. The van der Waals surface area contributed by atoms with E-state index in [1.165, 1.54) is 31.0 Å². The molecule has 152 valence electrons. The van der Waals surface area contributed by atoms with Crippen molar-refractivity contribution in [3.05, 3.63) is 23.8 Å². The van der Waals surface area contributed by atoms with Gasteiger partial charge in [-0.3, -0.25) is 4.79 Å². The number of rotatable bonds is 7. The Balaban J connectivity index is 1.75. The maximum Gasteiger partial charge on any atom is 0.338 e. The van der Waals surface area contributed by atoms with Gasteiger partial charge in [-0.25, -0.2) is 9.78 Å². The molecule has 1 atom stereocenters. The predicted molar refractivity (Wildman–Crippen MR) is 112 cm³/mol. The van der Waals surface area contributed by atoms with Crippen LogP contribution < -0.4 is 5.32 Å².